The Labute approximate surface area is 125 Å². The van der Waals surface area contributed by atoms with Gasteiger partial charge in [0.05, 0.1) is 6.61 Å². The van der Waals surface area contributed by atoms with Crippen molar-refractivity contribution in [3.8, 4) is 0 Å². The van der Waals surface area contributed by atoms with Crippen molar-refractivity contribution >= 4 is 29.6 Å². The molecule has 20 heavy (non-hydrogen) atoms. The van der Waals surface area contributed by atoms with E-state index in [0.717, 1.165) is 18.1 Å². The Morgan fingerprint density at radius 2 is 1.60 bits per heavy atom. The third-order valence-electron chi connectivity index (χ3n) is 3.03. The minimum absolute atomic E-state index is 0.491. The maximum atomic E-state index is 13.3. The highest BCUT2D eigenvalue weighted by molar-refractivity contribution is 7.74. The van der Waals surface area contributed by atoms with Crippen LogP contribution in [-0.4, -0.2) is 6.61 Å². The van der Waals surface area contributed by atoms with Crippen LogP contribution >= 0.6 is 19.0 Å². The van der Waals surface area contributed by atoms with E-state index < -0.39 is 7.37 Å². The van der Waals surface area contributed by atoms with Crippen LogP contribution in [0.25, 0.3) is 0 Å². The lowest BCUT2D eigenvalue weighted by Crippen LogP contribution is -2.18. The maximum absolute atomic E-state index is 13.3. The van der Waals surface area contributed by atoms with Gasteiger partial charge >= 0.3 is 0 Å². The molecule has 0 aromatic heterocycles. The smallest absolute Gasteiger partial charge is 0.261 e. The van der Waals surface area contributed by atoms with E-state index >= 15 is 0 Å². The molecule has 0 aliphatic rings. The van der Waals surface area contributed by atoms with Gasteiger partial charge in [-0.3, -0.25) is 4.57 Å². The van der Waals surface area contributed by atoms with Crippen molar-refractivity contribution in [3.63, 3.8) is 0 Å². The number of hydrogen-bond acceptors (Lipinski definition) is 2. The van der Waals surface area contributed by atoms with Crippen LogP contribution in [0.4, 0.5) is 0 Å². The zero-order valence-corrected chi connectivity index (χ0v) is 13.1. The maximum Gasteiger partial charge on any atom is 0.261 e. The van der Waals surface area contributed by atoms with Crippen molar-refractivity contribution in [3.05, 3.63) is 59.6 Å². The lowest BCUT2D eigenvalue weighted by molar-refractivity contribution is 0.318. The fourth-order valence-electron chi connectivity index (χ4n) is 1.90. The molecule has 1 unspecified atom stereocenters. The fourth-order valence-corrected chi connectivity index (χ4v) is 4.11. The Morgan fingerprint density at radius 1 is 1.00 bits per heavy atom. The fraction of sp³-hybridized carbons (Fsp3) is 0.250. The molecule has 0 saturated carbocycles. The molecule has 0 spiro atoms. The molecule has 0 N–H and O–H groups in total. The van der Waals surface area contributed by atoms with Crippen molar-refractivity contribution in [1.82, 2.24) is 0 Å². The Morgan fingerprint density at radius 3 is 2.20 bits per heavy atom. The highest BCUT2D eigenvalue weighted by Gasteiger charge is 2.28. The molecule has 2 nitrogen and oxygen atoms in total. The van der Waals surface area contributed by atoms with Crippen LogP contribution in [-0.2, 0) is 9.09 Å². The van der Waals surface area contributed by atoms with Crippen LogP contribution < -0.4 is 10.6 Å². The number of rotatable bonds is 6. The summed E-state index contributed by atoms with van der Waals surface area (Å²) in [7, 11) is -3.03. The monoisotopic (exact) mass is 308 g/mol. The van der Waals surface area contributed by atoms with E-state index in [-0.39, 0.29) is 0 Å². The molecule has 106 valence electrons. The molecule has 2 rings (SSSR count). The first-order valence-corrected chi connectivity index (χ1v) is 8.73. The van der Waals surface area contributed by atoms with Crippen molar-refractivity contribution in [2.75, 3.05) is 6.61 Å². The van der Waals surface area contributed by atoms with Crippen molar-refractivity contribution in [1.29, 1.82) is 0 Å². The molecule has 0 heterocycles. The van der Waals surface area contributed by atoms with Gasteiger partial charge in [0.1, 0.15) is 0 Å². The Kier molecular flexibility index (Phi) is 5.42. The van der Waals surface area contributed by atoms with E-state index in [0.29, 0.717) is 16.9 Å². The molecule has 0 radical (unpaired) electrons. The second-order valence-corrected chi connectivity index (χ2v) is 7.38. The van der Waals surface area contributed by atoms with Crippen LogP contribution in [0.5, 0.6) is 0 Å². The summed E-state index contributed by atoms with van der Waals surface area (Å²) in [6.45, 7) is 2.57. The SMILES string of the molecule is CCCCOP(=O)(c1ccccc1)c1ccc(Cl)cc1. The number of benzene rings is 2. The van der Waals surface area contributed by atoms with Gasteiger partial charge in [0.25, 0.3) is 7.37 Å². The van der Waals surface area contributed by atoms with Gasteiger partial charge in [-0.15, -0.1) is 0 Å². The van der Waals surface area contributed by atoms with Crippen molar-refractivity contribution in [2.24, 2.45) is 0 Å². The van der Waals surface area contributed by atoms with Gasteiger partial charge in [-0.25, -0.2) is 0 Å². The normalized spacial score (nSPS) is 13.9. The molecule has 0 aliphatic carbocycles. The van der Waals surface area contributed by atoms with Gasteiger partial charge in [-0.2, -0.15) is 0 Å². The van der Waals surface area contributed by atoms with E-state index in [9.17, 15) is 4.57 Å². The van der Waals surface area contributed by atoms with Crippen LogP contribution in [0.1, 0.15) is 19.8 Å². The van der Waals surface area contributed by atoms with Gasteiger partial charge < -0.3 is 4.52 Å². The summed E-state index contributed by atoms with van der Waals surface area (Å²) >= 11 is 5.90. The lowest BCUT2D eigenvalue weighted by Gasteiger charge is -2.19. The Balaban J connectivity index is 2.38. The number of unbranched alkanes of at least 4 members (excludes halogenated alkanes) is 1. The van der Waals surface area contributed by atoms with E-state index in [2.05, 4.69) is 6.92 Å². The lowest BCUT2D eigenvalue weighted by atomic mass is 10.4. The molecule has 2 aromatic rings. The standard InChI is InChI=1S/C16H18ClO2P/c1-2-3-13-19-20(18,15-7-5-4-6-8-15)16-11-9-14(17)10-12-16/h4-12H,2-3,13H2,1H3. The van der Waals surface area contributed by atoms with Crippen LogP contribution in [0.2, 0.25) is 5.02 Å². The predicted molar refractivity (Wildman–Crippen MR) is 85.6 cm³/mol. The first-order chi connectivity index (χ1) is 9.66. The minimum Gasteiger partial charge on any atom is -0.322 e. The quantitative estimate of drug-likeness (QED) is 0.584. The molecule has 0 bridgehead atoms. The summed E-state index contributed by atoms with van der Waals surface area (Å²) in [5.74, 6) is 0. The molecule has 0 fully saturated rings. The topological polar surface area (TPSA) is 26.3 Å². The van der Waals surface area contributed by atoms with E-state index in [1.165, 1.54) is 0 Å². The third-order valence-corrected chi connectivity index (χ3v) is 5.79. The second-order valence-electron chi connectivity index (χ2n) is 4.55. The summed E-state index contributed by atoms with van der Waals surface area (Å²) in [5.41, 5.74) is 0. The largest absolute Gasteiger partial charge is 0.322 e. The summed E-state index contributed by atoms with van der Waals surface area (Å²) in [6.07, 6.45) is 1.90. The molecular formula is C16H18ClO2P. The summed E-state index contributed by atoms with van der Waals surface area (Å²) in [6, 6.07) is 16.4. The average molecular weight is 309 g/mol. The van der Waals surface area contributed by atoms with Crippen molar-refractivity contribution in [2.45, 2.75) is 19.8 Å². The average Bonchev–Trinajstić information content (AvgIpc) is 2.49. The van der Waals surface area contributed by atoms with Gasteiger partial charge in [0, 0.05) is 15.6 Å². The highest BCUT2D eigenvalue weighted by atomic mass is 35.5. The zero-order chi connectivity index (χ0) is 14.4. The molecule has 0 amide bonds. The summed E-state index contributed by atoms with van der Waals surface area (Å²) in [5, 5.41) is 2.03. The third kappa shape index (κ3) is 3.52. The van der Waals surface area contributed by atoms with Gasteiger partial charge in [0.2, 0.25) is 0 Å². The van der Waals surface area contributed by atoms with Crippen LogP contribution in [0.15, 0.2) is 54.6 Å². The van der Waals surface area contributed by atoms with E-state index in [4.69, 9.17) is 16.1 Å². The molecule has 4 heteroatoms. The number of hydrogen-bond donors (Lipinski definition) is 0. The Hall–Kier alpha value is -1.08. The van der Waals surface area contributed by atoms with Crippen LogP contribution in [0.3, 0.4) is 0 Å². The molecule has 0 aliphatic heterocycles. The molecule has 2 aromatic carbocycles. The van der Waals surface area contributed by atoms with Gasteiger partial charge in [-0.05, 0) is 42.8 Å². The van der Waals surface area contributed by atoms with E-state index in [1.54, 1.807) is 24.3 Å². The predicted octanol–water partition coefficient (Wildman–Crippen LogP) is 4.39. The molecule has 0 saturated heterocycles. The molecular weight excluding hydrogens is 291 g/mol. The Bertz CT molecular complexity index is 581. The summed E-state index contributed by atoms with van der Waals surface area (Å²) in [4.78, 5) is 0. The van der Waals surface area contributed by atoms with Gasteiger partial charge in [0.15, 0.2) is 0 Å². The first kappa shape index (κ1) is 15.3. The van der Waals surface area contributed by atoms with Gasteiger partial charge in [-0.1, -0.05) is 43.1 Å². The second kappa shape index (κ2) is 7.08. The molecule has 1 atom stereocenters. The summed E-state index contributed by atoms with van der Waals surface area (Å²) < 4.78 is 19.1. The number of halogens is 1. The van der Waals surface area contributed by atoms with Crippen molar-refractivity contribution < 1.29 is 9.09 Å². The van der Waals surface area contributed by atoms with Crippen LogP contribution in [0, 0.1) is 0 Å². The van der Waals surface area contributed by atoms with E-state index in [1.807, 2.05) is 30.3 Å². The highest BCUT2D eigenvalue weighted by Crippen LogP contribution is 2.44. The zero-order valence-electron chi connectivity index (χ0n) is 11.5. The first-order valence-electron chi connectivity index (χ1n) is 6.73. The minimum atomic E-state index is -3.03.